The highest BCUT2D eigenvalue weighted by Gasteiger charge is 2.46. The van der Waals surface area contributed by atoms with Gasteiger partial charge in [0, 0.05) is 21.3 Å². The Kier molecular flexibility index (Phi) is 8.39. The Hall–Kier alpha value is 0.290. The highest BCUT2D eigenvalue weighted by atomic mass is 31.3. The van der Waals surface area contributed by atoms with E-state index in [-0.39, 0.29) is 0 Å². The number of hydrogen-bond acceptors (Lipinski definition) is 12. The van der Waals surface area contributed by atoms with Crippen molar-refractivity contribution < 1.29 is 60.3 Å². The number of phosphoric acid groups is 3. The first-order chi connectivity index (χ1) is 11.4. The number of aliphatic hydroxyl groups excluding tert-OH is 2. The Morgan fingerprint density at radius 2 is 1.48 bits per heavy atom. The largest absolute Gasteiger partial charge is 0.492 e. The summed E-state index contributed by atoms with van der Waals surface area (Å²) in [7, 11) is -11.9. The quantitative estimate of drug-likeness (QED) is 0.415. The summed E-state index contributed by atoms with van der Waals surface area (Å²) >= 11 is 0. The van der Waals surface area contributed by atoms with Crippen molar-refractivity contribution in [3.63, 3.8) is 0 Å². The van der Waals surface area contributed by atoms with Crippen LogP contribution in [0.2, 0.25) is 0 Å². The lowest BCUT2D eigenvalue weighted by Crippen LogP contribution is -2.33. The maximum atomic E-state index is 12.3. The average Bonchev–Trinajstić information content (AvgIpc) is 2.79. The first-order valence-corrected chi connectivity index (χ1v) is 11.1. The minimum absolute atomic E-state index is 0.585. The van der Waals surface area contributed by atoms with Crippen molar-refractivity contribution in [2.75, 3.05) is 27.9 Å². The Balaban J connectivity index is 2.79. The van der Waals surface area contributed by atoms with Crippen molar-refractivity contribution in [1.29, 1.82) is 0 Å². The number of aliphatic hydroxyl groups is 2. The van der Waals surface area contributed by atoms with Gasteiger partial charge in [0.25, 0.3) is 0 Å². The highest BCUT2D eigenvalue weighted by Crippen LogP contribution is 2.71. The molecule has 0 bridgehead atoms. The zero-order chi connectivity index (χ0) is 19.5. The topological polar surface area (TPSA) is 177 Å². The molecule has 1 saturated heterocycles. The Labute approximate surface area is 143 Å². The number of hydrogen-bond donors (Lipinski definition) is 3. The monoisotopic (exact) mass is 430 g/mol. The van der Waals surface area contributed by atoms with E-state index >= 15 is 0 Å². The molecule has 0 aliphatic carbocycles. The van der Waals surface area contributed by atoms with Crippen molar-refractivity contribution >= 4 is 23.5 Å². The molecule has 16 heteroatoms. The van der Waals surface area contributed by atoms with Crippen LogP contribution < -0.4 is 0 Å². The minimum atomic E-state index is -4.88. The molecule has 0 amide bonds. The Bertz CT molecular complexity index is 581. The highest BCUT2D eigenvalue weighted by molar-refractivity contribution is 7.67. The molecule has 0 aromatic heterocycles. The predicted octanol–water partition coefficient (Wildman–Crippen LogP) is 0.801. The molecule has 5 unspecified atom stereocenters. The van der Waals surface area contributed by atoms with Crippen LogP contribution in [0.25, 0.3) is 0 Å². The van der Waals surface area contributed by atoms with Gasteiger partial charge in [-0.2, -0.15) is 8.62 Å². The van der Waals surface area contributed by atoms with Crippen LogP contribution in [0.5, 0.6) is 0 Å². The third-order valence-corrected chi connectivity index (χ3v) is 8.13. The molecule has 0 saturated carbocycles. The zero-order valence-corrected chi connectivity index (χ0v) is 16.5. The van der Waals surface area contributed by atoms with E-state index in [1.165, 1.54) is 6.92 Å². The van der Waals surface area contributed by atoms with E-state index in [9.17, 15) is 28.8 Å². The Morgan fingerprint density at radius 1 is 0.920 bits per heavy atom. The summed E-state index contributed by atoms with van der Waals surface area (Å²) in [6, 6.07) is 0. The van der Waals surface area contributed by atoms with Gasteiger partial charge in [0.2, 0.25) is 0 Å². The smallest absolute Gasteiger partial charge is 0.388 e. The summed E-state index contributed by atoms with van der Waals surface area (Å²) < 4.78 is 67.5. The van der Waals surface area contributed by atoms with Gasteiger partial charge in [-0.1, -0.05) is 0 Å². The van der Waals surface area contributed by atoms with Gasteiger partial charge in [0.05, 0.1) is 12.7 Å². The van der Waals surface area contributed by atoms with Gasteiger partial charge < -0.3 is 19.8 Å². The van der Waals surface area contributed by atoms with E-state index < -0.39 is 54.5 Å². The van der Waals surface area contributed by atoms with Gasteiger partial charge in [0.1, 0.15) is 18.3 Å². The molecule has 0 spiro atoms. The lowest BCUT2D eigenvalue weighted by molar-refractivity contribution is -0.0181. The average molecular weight is 430 g/mol. The molecule has 1 aliphatic heterocycles. The molecule has 13 nitrogen and oxygen atoms in total. The SMILES string of the molecule is COP(=O)(O)OP(=O)(OC)OP(=O)(OC)OC[C@H]1O[C@@H](C)C(O)C1O. The summed E-state index contributed by atoms with van der Waals surface area (Å²) in [6.07, 6.45) is -4.31. The summed E-state index contributed by atoms with van der Waals surface area (Å²) in [5, 5.41) is 19.3. The third kappa shape index (κ3) is 6.44. The van der Waals surface area contributed by atoms with Crippen LogP contribution in [-0.4, -0.2) is 67.5 Å². The molecule has 1 fully saturated rings. The van der Waals surface area contributed by atoms with Crippen molar-refractivity contribution in [3.05, 3.63) is 0 Å². The van der Waals surface area contributed by atoms with E-state index in [4.69, 9.17) is 9.26 Å². The fraction of sp³-hybridized carbons (Fsp3) is 1.00. The van der Waals surface area contributed by atoms with Crippen LogP contribution in [0.3, 0.4) is 0 Å². The molecule has 0 aromatic carbocycles. The standard InChI is InChI=1S/C9H21O13P3/c1-6-8(10)9(11)7(20-6)5-19-24(14,17-3)22-25(15,18-4)21-23(12,13)16-2/h6-11H,5H2,1-4H3,(H,12,13)/t6-,7+,8?,9?,24?,25?/m0/s1. The van der Waals surface area contributed by atoms with E-state index in [1.807, 2.05) is 0 Å². The summed E-state index contributed by atoms with van der Waals surface area (Å²) in [6.45, 7) is 0.912. The Morgan fingerprint density at radius 3 is 1.88 bits per heavy atom. The summed E-state index contributed by atoms with van der Waals surface area (Å²) in [5.74, 6) is 0. The molecule has 0 aromatic rings. The van der Waals surface area contributed by atoms with Gasteiger partial charge in [-0.05, 0) is 6.92 Å². The van der Waals surface area contributed by atoms with Crippen molar-refractivity contribution in [1.82, 2.24) is 0 Å². The molecule has 25 heavy (non-hydrogen) atoms. The molecule has 1 rings (SSSR count). The summed E-state index contributed by atoms with van der Waals surface area (Å²) in [5.41, 5.74) is 0. The number of rotatable bonds is 10. The molecule has 1 aliphatic rings. The van der Waals surface area contributed by atoms with Crippen molar-refractivity contribution in [3.8, 4) is 0 Å². The number of phosphoric ester groups is 2. The lowest BCUT2D eigenvalue weighted by atomic mass is 10.1. The fourth-order valence-electron chi connectivity index (χ4n) is 1.71. The van der Waals surface area contributed by atoms with E-state index in [0.29, 0.717) is 0 Å². The van der Waals surface area contributed by atoms with Gasteiger partial charge >= 0.3 is 23.5 Å². The van der Waals surface area contributed by atoms with Crippen molar-refractivity contribution in [2.45, 2.75) is 31.3 Å². The van der Waals surface area contributed by atoms with E-state index in [2.05, 4.69) is 22.2 Å². The van der Waals surface area contributed by atoms with Crippen molar-refractivity contribution in [2.24, 2.45) is 0 Å². The second kappa shape index (κ2) is 8.99. The van der Waals surface area contributed by atoms with Crippen LogP contribution in [0.4, 0.5) is 0 Å². The first-order valence-electron chi connectivity index (χ1n) is 6.70. The first kappa shape index (κ1) is 23.3. The van der Waals surface area contributed by atoms with E-state index in [1.54, 1.807) is 0 Å². The van der Waals surface area contributed by atoms with E-state index in [0.717, 1.165) is 21.3 Å². The predicted molar refractivity (Wildman–Crippen MR) is 80.5 cm³/mol. The van der Waals surface area contributed by atoms with Gasteiger partial charge in [-0.15, -0.1) is 0 Å². The minimum Gasteiger partial charge on any atom is -0.388 e. The molecular weight excluding hydrogens is 409 g/mol. The second-order valence-corrected chi connectivity index (χ2v) is 10.1. The maximum Gasteiger partial charge on any atom is 0.492 e. The molecule has 7 atom stereocenters. The zero-order valence-electron chi connectivity index (χ0n) is 13.8. The van der Waals surface area contributed by atoms with Gasteiger partial charge in [-0.25, -0.2) is 13.7 Å². The normalized spacial score (nSPS) is 34.2. The van der Waals surface area contributed by atoms with Gasteiger partial charge in [-0.3, -0.25) is 18.1 Å². The molecule has 150 valence electrons. The third-order valence-electron chi connectivity index (χ3n) is 3.08. The second-order valence-electron chi connectivity index (χ2n) is 4.73. The fourth-order valence-corrected chi connectivity index (χ4v) is 5.78. The molecule has 1 heterocycles. The molecule has 0 radical (unpaired) electrons. The number of ether oxygens (including phenoxy) is 1. The van der Waals surface area contributed by atoms with Crippen LogP contribution in [0.15, 0.2) is 0 Å². The molecule has 3 N–H and O–H groups in total. The molecular formula is C9H21O13P3. The van der Waals surface area contributed by atoms with Crippen LogP contribution in [0, 0.1) is 0 Å². The van der Waals surface area contributed by atoms with Crippen LogP contribution >= 0.6 is 23.5 Å². The van der Waals surface area contributed by atoms with Gasteiger partial charge in [0.15, 0.2) is 0 Å². The summed E-state index contributed by atoms with van der Waals surface area (Å²) in [4.78, 5) is 9.18. The lowest BCUT2D eigenvalue weighted by Gasteiger charge is -2.23. The van der Waals surface area contributed by atoms with Crippen LogP contribution in [0.1, 0.15) is 6.92 Å². The van der Waals surface area contributed by atoms with Crippen LogP contribution in [-0.2, 0) is 45.1 Å². The maximum absolute atomic E-state index is 12.3.